The van der Waals surface area contributed by atoms with Gasteiger partial charge in [0, 0.05) is 17.3 Å². The zero-order chi connectivity index (χ0) is 19.0. The lowest BCUT2D eigenvalue weighted by Gasteiger charge is -2.06. The highest BCUT2D eigenvalue weighted by molar-refractivity contribution is 14.1. The fourth-order valence-corrected chi connectivity index (χ4v) is 3.56. The number of benzene rings is 1. The van der Waals surface area contributed by atoms with Crippen molar-refractivity contribution in [3.05, 3.63) is 69.3 Å². The molecule has 3 aromatic heterocycles. The molecule has 6 nitrogen and oxygen atoms in total. The van der Waals surface area contributed by atoms with Gasteiger partial charge in [0.25, 0.3) is 6.43 Å². The van der Waals surface area contributed by atoms with Crippen LogP contribution in [0.25, 0.3) is 16.9 Å². The first-order valence-corrected chi connectivity index (χ1v) is 9.10. The van der Waals surface area contributed by atoms with Crippen LogP contribution in [0, 0.1) is 3.57 Å². The summed E-state index contributed by atoms with van der Waals surface area (Å²) in [6, 6.07) is 12.4. The van der Waals surface area contributed by atoms with E-state index in [1.165, 1.54) is 22.8 Å². The summed E-state index contributed by atoms with van der Waals surface area (Å²) < 4.78 is 28.6. The SMILES string of the molecule is Nc1nc(-c2ccccc2)c(I)c2nc(Cc3ncccc3C(F)F)nn12. The van der Waals surface area contributed by atoms with Gasteiger partial charge in [0.15, 0.2) is 11.5 Å². The monoisotopic (exact) mass is 478 g/mol. The highest BCUT2D eigenvalue weighted by atomic mass is 127. The van der Waals surface area contributed by atoms with E-state index in [1.807, 2.05) is 30.3 Å². The number of halogens is 3. The van der Waals surface area contributed by atoms with Crippen molar-refractivity contribution >= 4 is 34.2 Å². The molecule has 136 valence electrons. The highest BCUT2D eigenvalue weighted by Crippen LogP contribution is 2.28. The van der Waals surface area contributed by atoms with Crippen LogP contribution in [0.1, 0.15) is 23.5 Å². The second-order valence-corrected chi connectivity index (χ2v) is 6.86. The maximum absolute atomic E-state index is 13.2. The second kappa shape index (κ2) is 7.14. The fourth-order valence-electron chi connectivity index (χ4n) is 2.78. The average Bonchev–Trinajstić information content (AvgIpc) is 3.10. The number of rotatable bonds is 4. The lowest BCUT2D eigenvalue weighted by atomic mass is 10.1. The van der Waals surface area contributed by atoms with Gasteiger partial charge in [-0.15, -0.1) is 5.10 Å². The quantitative estimate of drug-likeness (QED) is 0.450. The van der Waals surface area contributed by atoms with Crippen molar-refractivity contribution in [3.63, 3.8) is 0 Å². The Bertz CT molecular complexity index is 1110. The van der Waals surface area contributed by atoms with Crippen molar-refractivity contribution in [2.75, 3.05) is 5.73 Å². The minimum Gasteiger partial charge on any atom is -0.368 e. The van der Waals surface area contributed by atoms with Gasteiger partial charge in [-0.2, -0.15) is 4.52 Å². The number of fused-ring (bicyclic) bond motifs is 1. The van der Waals surface area contributed by atoms with E-state index in [9.17, 15) is 8.78 Å². The Morgan fingerprint density at radius 1 is 1.07 bits per heavy atom. The summed E-state index contributed by atoms with van der Waals surface area (Å²) in [5.41, 5.74) is 8.32. The Labute approximate surface area is 166 Å². The number of anilines is 1. The van der Waals surface area contributed by atoms with Crippen LogP contribution in [0.5, 0.6) is 0 Å². The van der Waals surface area contributed by atoms with Crippen LogP contribution in [-0.4, -0.2) is 24.6 Å². The van der Waals surface area contributed by atoms with Gasteiger partial charge in [0.2, 0.25) is 5.95 Å². The molecule has 9 heteroatoms. The molecule has 0 spiro atoms. The second-order valence-electron chi connectivity index (χ2n) is 5.78. The van der Waals surface area contributed by atoms with E-state index in [-0.39, 0.29) is 23.6 Å². The largest absolute Gasteiger partial charge is 0.368 e. The predicted octanol–water partition coefficient (Wildman–Crippen LogP) is 3.90. The first-order valence-electron chi connectivity index (χ1n) is 8.02. The molecular weight excluding hydrogens is 465 g/mol. The molecule has 0 amide bonds. The van der Waals surface area contributed by atoms with Gasteiger partial charge in [0.05, 0.1) is 21.4 Å². The minimum atomic E-state index is -2.61. The van der Waals surface area contributed by atoms with Crippen LogP contribution >= 0.6 is 22.6 Å². The van der Waals surface area contributed by atoms with Crippen molar-refractivity contribution in [2.45, 2.75) is 12.8 Å². The predicted molar refractivity (Wildman–Crippen MR) is 105 cm³/mol. The number of hydrogen-bond acceptors (Lipinski definition) is 5. The number of alkyl halides is 2. The lowest BCUT2D eigenvalue weighted by Crippen LogP contribution is -2.06. The number of nitrogen functional groups attached to an aromatic ring is 1. The van der Waals surface area contributed by atoms with E-state index < -0.39 is 6.43 Å². The van der Waals surface area contributed by atoms with Crippen LogP contribution in [0.15, 0.2) is 48.7 Å². The van der Waals surface area contributed by atoms with Crippen LogP contribution < -0.4 is 5.73 Å². The van der Waals surface area contributed by atoms with E-state index in [4.69, 9.17) is 5.73 Å². The third-order valence-corrected chi connectivity index (χ3v) is 5.03. The van der Waals surface area contributed by atoms with Crippen molar-refractivity contribution in [3.8, 4) is 11.3 Å². The van der Waals surface area contributed by atoms with Gasteiger partial charge < -0.3 is 5.73 Å². The van der Waals surface area contributed by atoms with Crippen LogP contribution in [0.4, 0.5) is 14.7 Å². The summed E-state index contributed by atoms with van der Waals surface area (Å²) in [7, 11) is 0. The zero-order valence-electron chi connectivity index (χ0n) is 13.9. The molecule has 0 saturated carbocycles. The van der Waals surface area contributed by atoms with Gasteiger partial charge in [-0.3, -0.25) is 4.98 Å². The first-order chi connectivity index (χ1) is 13.0. The number of pyridine rings is 1. The van der Waals surface area contributed by atoms with Gasteiger partial charge in [0.1, 0.15) is 0 Å². The molecule has 27 heavy (non-hydrogen) atoms. The third-order valence-electron chi connectivity index (χ3n) is 4.03. The molecular formula is C18H13F2IN6. The van der Waals surface area contributed by atoms with Crippen molar-refractivity contribution in [1.29, 1.82) is 0 Å². The van der Waals surface area contributed by atoms with E-state index in [0.29, 0.717) is 17.2 Å². The summed E-state index contributed by atoms with van der Waals surface area (Å²) in [4.78, 5) is 13.0. The van der Waals surface area contributed by atoms with E-state index in [1.54, 1.807) is 0 Å². The molecule has 0 radical (unpaired) electrons. The van der Waals surface area contributed by atoms with Crippen LogP contribution in [0.3, 0.4) is 0 Å². The molecule has 1 aromatic carbocycles. The molecule has 4 aromatic rings. The normalized spacial score (nSPS) is 11.4. The molecule has 0 bridgehead atoms. The summed E-state index contributed by atoms with van der Waals surface area (Å²) in [5.74, 6) is 0.533. The first kappa shape index (κ1) is 17.7. The van der Waals surface area contributed by atoms with Gasteiger partial charge >= 0.3 is 0 Å². The lowest BCUT2D eigenvalue weighted by molar-refractivity contribution is 0.150. The topological polar surface area (TPSA) is 82.0 Å². The molecule has 0 aliphatic rings. The Morgan fingerprint density at radius 3 is 2.59 bits per heavy atom. The van der Waals surface area contributed by atoms with Crippen molar-refractivity contribution in [1.82, 2.24) is 24.6 Å². The van der Waals surface area contributed by atoms with Crippen LogP contribution in [-0.2, 0) is 6.42 Å². The van der Waals surface area contributed by atoms with Crippen molar-refractivity contribution < 1.29 is 8.78 Å². The Morgan fingerprint density at radius 2 is 1.85 bits per heavy atom. The standard InChI is InChI=1S/C18H13F2IN6/c19-16(20)11-7-4-8-23-12(11)9-13-24-17-14(21)15(10-5-2-1-3-6-10)25-18(22)27(17)26-13/h1-8,16H,9H2,(H2,22,25). The molecule has 0 saturated heterocycles. The Hall–Kier alpha value is -2.69. The average molecular weight is 478 g/mol. The Balaban J connectivity index is 1.79. The Kier molecular flexibility index (Phi) is 4.68. The van der Waals surface area contributed by atoms with Gasteiger partial charge in [-0.25, -0.2) is 18.7 Å². The fraction of sp³-hybridized carbons (Fsp3) is 0.111. The molecule has 3 heterocycles. The summed E-state index contributed by atoms with van der Waals surface area (Å²) in [6.45, 7) is 0. The maximum Gasteiger partial charge on any atom is 0.265 e. The molecule has 0 atom stereocenters. The molecule has 2 N–H and O–H groups in total. The summed E-state index contributed by atoms with van der Waals surface area (Å²) in [6.07, 6.45) is -1.05. The number of aromatic nitrogens is 5. The summed E-state index contributed by atoms with van der Waals surface area (Å²) >= 11 is 2.14. The van der Waals surface area contributed by atoms with Gasteiger partial charge in [-0.1, -0.05) is 30.3 Å². The molecule has 4 rings (SSSR count). The number of hydrogen-bond donors (Lipinski definition) is 1. The highest BCUT2D eigenvalue weighted by Gasteiger charge is 2.19. The third kappa shape index (κ3) is 3.34. The van der Waals surface area contributed by atoms with E-state index in [0.717, 1.165) is 9.13 Å². The minimum absolute atomic E-state index is 0.0817. The van der Waals surface area contributed by atoms with E-state index in [2.05, 4.69) is 42.6 Å². The number of nitrogens with two attached hydrogens (primary N) is 1. The summed E-state index contributed by atoms with van der Waals surface area (Å²) in [5, 5.41) is 4.33. The molecule has 0 aliphatic carbocycles. The smallest absolute Gasteiger partial charge is 0.265 e. The maximum atomic E-state index is 13.2. The molecule has 0 fully saturated rings. The molecule has 0 aliphatic heterocycles. The van der Waals surface area contributed by atoms with Crippen LogP contribution in [0.2, 0.25) is 0 Å². The van der Waals surface area contributed by atoms with E-state index >= 15 is 0 Å². The number of nitrogens with zero attached hydrogens (tertiary/aromatic N) is 5. The van der Waals surface area contributed by atoms with Gasteiger partial charge in [-0.05, 0) is 34.7 Å². The zero-order valence-corrected chi connectivity index (χ0v) is 16.0. The van der Waals surface area contributed by atoms with Crippen molar-refractivity contribution in [2.24, 2.45) is 0 Å². The molecule has 0 unspecified atom stereocenters.